The van der Waals surface area contributed by atoms with Gasteiger partial charge in [0.15, 0.2) is 0 Å². The maximum absolute atomic E-state index is 10.4. The molecule has 2 N–H and O–H groups in total. The predicted molar refractivity (Wildman–Crippen MR) is 75.9 cm³/mol. The molecule has 0 amide bonds. The van der Waals surface area contributed by atoms with Crippen molar-refractivity contribution in [3.63, 3.8) is 0 Å². The predicted octanol–water partition coefficient (Wildman–Crippen LogP) is 3.43. The molecule has 0 unspecified atom stereocenters. The van der Waals surface area contributed by atoms with Gasteiger partial charge >= 0.3 is 0 Å². The first kappa shape index (κ1) is 13.9. The highest BCUT2D eigenvalue weighted by molar-refractivity contribution is 6.31. The Hall–Kier alpha value is -0.570. The van der Waals surface area contributed by atoms with Crippen molar-refractivity contribution < 1.29 is 5.11 Å². The smallest absolute Gasteiger partial charge is 0.0771 e. The van der Waals surface area contributed by atoms with E-state index in [-0.39, 0.29) is 0 Å². The molecule has 0 radical (unpaired) electrons. The molecule has 1 aliphatic rings. The van der Waals surface area contributed by atoms with Gasteiger partial charge in [0.2, 0.25) is 0 Å². The minimum absolute atomic E-state index is 0.493. The zero-order valence-corrected chi connectivity index (χ0v) is 11.8. The van der Waals surface area contributed by atoms with Crippen molar-refractivity contribution in [2.24, 2.45) is 0 Å². The molecule has 2 rings (SSSR count). The highest BCUT2D eigenvalue weighted by atomic mass is 35.5. The Morgan fingerprint density at radius 3 is 2.67 bits per heavy atom. The van der Waals surface area contributed by atoms with Crippen LogP contribution in [0.1, 0.15) is 43.2 Å². The second kappa shape index (κ2) is 6.05. The molecule has 0 spiro atoms. The van der Waals surface area contributed by atoms with E-state index in [4.69, 9.17) is 11.6 Å². The van der Waals surface area contributed by atoms with E-state index in [0.717, 1.165) is 42.8 Å². The molecule has 1 aromatic carbocycles. The Labute approximate surface area is 114 Å². The third kappa shape index (κ3) is 3.71. The van der Waals surface area contributed by atoms with Gasteiger partial charge in [-0.25, -0.2) is 0 Å². The van der Waals surface area contributed by atoms with Gasteiger partial charge in [0.1, 0.15) is 0 Å². The lowest BCUT2D eigenvalue weighted by atomic mass is 9.85. The summed E-state index contributed by atoms with van der Waals surface area (Å²) in [5.74, 6) is 0. The van der Waals surface area contributed by atoms with Crippen molar-refractivity contribution in [2.75, 3.05) is 6.54 Å². The fourth-order valence-corrected chi connectivity index (χ4v) is 2.78. The molecule has 1 fully saturated rings. The zero-order chi connectivity index (χ0) is 13.0. The highest BCUT2D eigenvalue weighted by Crippen LogP contribution is 2.27. The van der Waals surface area contributed by atoms with Crippen molar-refractivity contribution in [1.82, 2.24) is 5.32 Å². The van der Waals surface area contributed by atoms with E-state index < -0.39 is 5.60 Å². The van der Waals surface area contributed by atoms with E-state index in [1.807, 2.05) is 19.1 Å². The van der Waals surface area contributed by atoms with Gasteiger partial charge in [-0.2, -0.15) is 0 Å². The monoisotopic (exact) mass is 267 g/mol. The fraction of sp³-hybridized carbons (Fsp3) is 0.600. The Kier molecular flexibility index (Phi) is 4.66. The maximum atomic E-state index is 10.4. The van der Waals surface area contributed by atoms with Crippen LogP contribution in [-0.2, 0) is 6.54 Å². The summed E-state index contributed by atoms with van der Waals surface area (Å²) in [6, 6.07) is 6.11. The van der Waals surface area contributed by atoms with Crippen LogP contribution in [0.5, 0.6) is 0 Å². The van der Waals surface area contributed by atoms with Crippen LogP contribution < -0.4 is 5.32 Å². The van der Waals surface area contributed by atoms with E-state index >= 15 is 0 Å². The molecule has 1 aromatic rings. The van der Waals surface area contributed by atoms with Crippen molar-refractivity contribution in [3.05, 3.63) is 34.3 Å². The minimum Gasteiger partial charge on any atom is -0.389 e. The topological polar surface area (TPSA) is 32.3 Å². The molecule has 0 aliphatic heterocycles. The second-order valence-corrected chi connectivity index (χ2v) is 5.88. The molecular formula is C15H22ClNO. The summed E-state index contributed by atoms with van der Waals surface area (Å²) >= 11 is 6.09. The largest absolute Gasteiger partial charge is 0.389 e. The molecule has 3 heteroatoms. The number of benzene rings is 1. The molecule has 0 bridgehead atoms. The highest BCUT2D eigenvalue weighted by Gasteiger charge is 2.28. The fourth-order valence-electron chi connectivity index (χ4n) is 2.57. The van der Waals surface area contributed by atoms with Gasteiger partial charge in [-0.1, -0.05) is 43.0 Å². The normalized spacial score (nSPS) is 18.8. The minimum atomic E-state index is -0.493. The van der Waals surface area contributed by atoms with Crippen molar-refractivity contribution in [2.45, 2.75) is 51.2 Å². The van der Waals surface area contributed by atoms with Crippen molar-refractivity contribution in [3.8, 4) is 0 Å². The molecule has 1 aliphatic carbocycles. The number of halogens is 1. The lowest BCUT2D eigenvalue weighted by Gasteiger charge is -2.32. The first-order valence-electron chi connectivity index (χ1n) is 6.77. The van der Waals surface area contributed by atoms with Crippen LogP contribution in [0.15, 0.2) is 18.2 Å². The Morgan fingerprint density at radius 2 is 2.00 bits per heavy atom. The van der Waals surface area contributed by atoms with Gasteiger partial charge in [0.05, 0.1) is 5.60 Å². The summed E-state index contributed by atoms with van der Waals surface area (Å²) in [4.78, 5) is 0. The summed E-state index contributed by atoms with van der Waals surface area (Å²) in [6.45, 7) is 3.45. The summed E-state index contributed by atoms with van der Waals surface area (Å²) < 4.78 is 0. The molecule has 0 aromatic heterocycles. The lowest BCUT2D eigenvalue weighted by molar-refractivity contribution is 0.00468. The summed E-state index contributed by atoms with van der Waals surface area (Å²) in [6.07, 6.45) is 5.41. The number of aliphatic hydroxyl groups is 1. The Balaban J connectivity index is 1.82. The van der Waals surface area contributed by atoms with E-state index in [0.29, 0.717) is 6.54 Å². The molecule has 0 saturated heterocycles. The maximum Gasteiger partial charge on any atom is 0.0771 e. The average molecular weight is 268 g/mol. The standard InChI is InChI=1S/C15H22ClNO/c1-12-5-6-13(9-14(12)16)10-17-11-15(18)7-3-2-4-8-15/h5-6,9,17-18H,2-4,7-8,10-11H2,1H3. The van der Waals surface area contributed by atoms with E-state index in [9.17, 15) is 5.11 Å². The van der Waals surface area contributed by atoms with Gasteiger partial charge in [-0.3, -0.25) is 0 Å². The third-order valence-electron chi connectivity index (χ3n) is 3.80. The van der Waals surface area contributed by atoms with Gasteiger partial charge in [0.25, 0.3) is 0 Å². The van der Waals surface area contributed by atoms with Crippen molar-refractivity contribution in [1.29, 1.82) is 0 Å². The number of rotatable bonds is 4. The summed E-state index contributed by atoms with van der Waals surface area (Å²) in [7, 11) is 0. The van der Waals surface area contributed by atoms with Crippen LogP contribution in [-0.4, -0.2) is 17.3 Å². The van der Waals surface area contributed by atoms with Crippen LogP contribution in [0.25, 0.3) is 0 Å². The second-order valence-electron chi connectivity index (χ2n) is 5.47. The summed E-state index contributed by atoms with van der Waals surface area (Å²) in [5.41, 5.74) is 1.78. The first-order valence-corrected chi connectivity index (χ1v) is 7.15. The van der Waals surface area contributed by atoms with Crippen molar-refractivity contribution >= 4 is 11.6 Å². The van der Waals surface area contributed by atoms with E-state index in [1.54, 1.807) is 0 Å². The number of hydrogen-bond donors (Lipinski definition) is 2. The molecule has 1 saturated carbocycles. The van der Waals surface area contributed by atoms with E-state index in [1.165, 1.54) is 12.0 Å². The molecule has 18 heavy (non-hydrogen) atoms. The SMILES string of the molecule is Cc1ccc(CNCC2(O)CCCCC2)cc1Cl. The van der Waals surface area contributed by atoms with Crippen LogP contribution in [0, 0.1) is 6.92 Å². The van der Waals surface area contributed by atoms with Crippen LogP contribution in [0.4, 0.5) is 0 Å². The molecule has 2 nitrogen and oxygen atoms in total. The van der Waals surface area contributed by atoms with Gasteiger partial charge < -0.3 is 10.4 Å². The Morgan fingerprint density at radius 1 is 1.28 bits per heavy atom. The number of nitrogens with one attached hydrogen (secondary N) is 1. The van der Waals surface area contributed by atoms with Gasteiger partial charge in [-0.15, -0.1) is 0 Å². The molecule has 0 heterocycles. The number of aryl methyl sites for hydroxylation is 1. The van der Waals surface area contributed by atoms with E-state index in [2.05, 4.69) is 11.4 Å². The molecular weight excluding hydrogens is 246 g/mol. The van der Waals surface area contributed by atoms with Gasteiger partial charge in [0, 0.05) is 18.1 Å². The van der Waals surface area contributed by atoms with Crippen LogP contribution in [0.2, 0.25) is 5.02 Å². The average Bonchev–Trinajstić information content (AvgIpc) is 2.34. The molecule has 100 valence electrons. The Bertz CT molecular complexity index is 399. The quantitative estimate of drug-likeness (QED) is 0.876. The molecule has 0 atom stereocenters. The van der Waals surface area contributed by atoms with Crippen LogP contribution >= 0.6 is 11.6 Å². The lowest BCUT2D eigenvalue weighted by Crippen LogP contribution is -2.41. The van der Waals surface area contributed by atoms with Crippen LogP contribution in [0.3, 0.4) is 0 Å². The zero-order valence-electron chi connectivity index (χ0n) is 11.0. The third-order valence-corrected chi connectivity index (χ3v) is 4.21. The number of hydrogen-bond acceptors (Lipinski definition) is 2. The van der Waals surface area contributed by atoms with Gasteiger partial charge in [-0.05, 0) is 37.0 Å². The first-order chi connectivity index (χ1) is 8.59. The summed E-state index contributed by atoms with van der Waals surface area (Å²) in [5, 5.41) is 14.5.